The molecular formula is C14H21BrO. The average Bonchev–Trinajstić information content (AvgIpc) is 2.63. The molecule has 0 N–H and O–H groups in total. The van der Waals surface area contributed by atoms with Gasteiger partial charge in [-0.25, -0.2) is 0 Å². The Bertz CT molecular complexity index is 297. The molecule has 3 atom stereocenters. The third-order valence-corrected chi connectivity index (χ3v) is 5.52. The van der Waals surface area contributed by atoms with Crippen molar-refractivity contribution in [3.05, 3.63) is 10.6 Å². The zero-order valence-electron chi connectivity index (χ0n) is 10.0. The zero-order valence-corrected chi connectivity index (χ0v) is 11.6. The summed E-state index contributed by atoms with van der Waals surface area (Å²) in [6.07, 6.45) is 9.53. The lowest BCUT2D eigenvalue weighted by Gasteiger charge is -2.42. The fourth-order valence-corrected chi connectivity index (χ4v) is 4.57. The van der Waals surface area contributed by atoms with E-state index in [2.05, 4.69) is 27.8 Å². The molecule has 0 spiro atoms. The molecule has 90 valence electrons. The maximum absolute atomic E-state index is 10.5. The normalized spacial score (nSPS) is 41.0. The highest BCUT2D eigenvalue weighted by atomic mass is 79.9. The van der Waals surface area contributed by atoms with Gasteiger partial charge in [-0.15, -0.1) is 0 Å². The quantitative estimate of drug-likeness (QED) is 0.700. The number of carbonyl (C=O) groups excluding carboxylic acids is 1. The van der Waals surface area contributed by atoms with Crippen molar-refractivity contribution in [1.82, 2.24) is 0 Å². The minimum absolute atomic E-state index is 0.473. The van der Waals surface area contributed by atoms with Gasteiger partial charge in [-0.3, -0.25) is 0 Å². The second-order valence-corrected chi connectivity index (χ2v) is 6.07. The summed E-state index contributed by atoms with van der Waals surface area (Å²) < 4.78 is 0. The summed E-state index contributed by atoms with van der Waals surface area (Å²) in [5, 5.41) is 0. The van der Waals surface area contributed by atoms with Gasteiger partial charge < -0.3 is 4.79 Å². The van der Waals surface area contributed by atoms with Crippen LogP contribution in [0.1, 0.15) is 51.9 Å². The third-order valence-electron chi connectivity index (χ3n) is 4.93. The van der Waals surface area contributed by atoms with Crippen molar-refractivity contribution in [2.45, 2.75) is 51.9 Å². The molecule has 2 heteroatoms. The molecule has 1 nitrogen and oxygen atoms in total. The van der Waals surface area contributed by atoms with Crippen molar-refractivity contribution in [3.63, 3.8) is 0 Å². The molecular weight excluding hydrogens is 264 g/mol. The Hall–Kier alpha value is -0.110. The van der Waals surface area contributed by atoms with Gasteiger partial charge in [-0.2, -0.15) is 0 Å². The molecule has 2 rings (SSSR count). The number of halogens is 1. The molecule has 2 saturated carbocycles. The summed E-state index contributed by atoms with van der Waals surface area (Å²) in [6.45, 7) is 2.45. The molecule has 0 heterocycles. The van der Waals surface area contributed by atoms with E-state index < -0.39 is 0 Å². The number of fused-ring (bicyclic) bond motifs is 1. The number of allylic oxidation sites excluding steroid dienone is 1. The molecule has 0 radical (unpaired) electrons. The first-order valence-electron chi connectivity index (χ1n) is 6.45. The van der Waals surface area contributed by atoms with E-state index in [-0.39, 0.29) is 0 Å². The van der Waals surface area contributed by atoms with Crippen LogP contribution in [0.4, 0.5) is 0 Å². The molecule has 0 aromatic heterocycles. The van der Waals surface area contributed by atoms with E-state index in [0.717, 1.165) is 31.0 Å². The fraction of sp³-hybridized carbons (Fsp3) is 0.786. The molecule has 0 aromatic rings. The van der Waals surface area contributed by atoms with E-state index in [1.165, 1.54) is 32.1 Å². The lowest BCUT2D eigenvalue weighted by Crippen LogP contribution is -2.33. The highest BCUT2D eigenvalue weighted by molar-refractivity contribution is 9.11. The largest absolute Gasteiger partial charge is 0.303 e. The van der Waals surface area contributed by atoms with Crippen molar-refractivity contribution in [2.75, 3.05) is 0 Å². The summed E-state index contributed by atoms with van der Waals surface area (Å²) >= 11 is 3.53. The predicted octanol–water partition coefficient (Wildman–Crippen LogP) is 4.46. The van der Waals surface area contributed by atoms with Crippen LogP contribution in [0.5, 0.6) is 0 Å². The summed E-state index contributed by atoms with van der Waals surface area (Å²) in [6, 6.07) is 0. The zero-order chi connectivity index (χ0) is 11.6. The van der Waals surface area contributed by atoms with Crippen LogP contribution in [0.2, 0.25) is 0 Å². The maximum Gasteiger partial charge on any atom is 0.120 e. The van der Waals surface area contributed by atoms with Crippen LogP contribution in [0.3, 0.4) is 0 Å². The van der Waals surface area contributed by atoms with Crippen molar-refractivity contribution in [3.8, 4) is 0 Å². The standard InChI is InChI=1S/C14H21BrO/c1-14-8-2-4-11(10-15)13(14)7-6-12(14)5-3-9-16/h9-10,12-13H,2-8H2,1H3/b11-10+. The predicted molar refractivity (Wildman–Crippen MR) is 70.5 cm³/mol. The molecule has 3 unspecified atom stereocenters. The van der Waals surface area contributed by atoms with E-state index in [1.54, 1.807) is 5.57 Å². The third kappa shape index (κ3) is 2.01. The summed E-state index contributed by atoms with van der Waals surface area (Å²) in [4.78, 5) is 12.7. The number of hydrogen-bond donors (Lipinski definition) is 0. The van der Waals surface area contributed by atoms with Crippen LogP contribution in [-0.4, -0.2) is 6.29 Å². The topological polar surface area (TPSA) is 17.1 Å². The fourth-order valence-electron chi connectivity index (χ4n) is 4.02. The van der Waals surface area contributed by atoms with Gasteiger partial charge in [0.2, 0.25) is 0 Å². The van der Waals surface area contributed by atoms with Gasteiger partial charge in [0.1, 0.15) is 6.29 Å². The molecule has 2 aliphatic rings. The highest BCUT2D eigenvalue weighted by Crippen LogP contribution is 2.58. The molecule has 0 bridgehead atoms. The first kappa shape index (κ1) is 12.3. The minimum atomic E-state index is 0.473. The van der Waals surface area contributed by atoms with Gasteiger partial charge in [0.25, 0.3) is 0 Å². The van der Waals surface area contributed by atoms with Gasteiger partial charge >= 0.3 is 0 Å². The van der Waals surface area contributed by atoms with Gasteiger partial charge in [0.15, 0.2) is 0 Å². The van der Waals surface area contributed by atoms with E-state index in [9.17, 15) is 4.79 Å². The average molecular weight is 285 g/mol. The summed E-state index contributed by atoms with van der Waals surface area (Å²) in [5.74, 6) is 1.54. The Morgan fingerprint density at radius 2 is 2.31 bits per heavy atom. The molecule has 0 aromatic carbocycles. The summed E-state index contributed by atoms with van der Waals surface area (Å²) in [5.41, 5.74) is 2.09. The second-order valence-electron chi connectivity index (χ2n) is 5.61. The van der Waals surface area contributed by atoms with Gasteiger partial charge in [0.05, 0.1) is 0 Å². The van der Waals surface area contributed by atoms with E-state index >= 15 is 0 Å². The SMILES string of the molecule is CC12CCC/C(=C\Br)C1CCC2CCC=O. The van der Waals surface area contributed by atoms with Crippen LogP contribution in [0.25, 0.3) is 0 Å². The van der Waals surface area contributed by atoms with E-state index in [0.29, 0.717) is 5.41 Å². The maximum atomic E-state index is 10.5. The van der Waals surface area contributed by atoms with Crippen molar-refractivity contribution in [2.24, 2.45) is 17.3 Å². The van der Waals surface area contributed by atoms with Crippen LogP contribution in [0, 0.1) is 17.3 Å². The molecule has 2 aliphatic carbocycles. The van der Waals surface area contributed by atoms with Crippen LogP contribution >= 0.6 is 15.9 Å². The van der Waals surface area contributed by atoms with Crippen LogP contribution in [-0.2, 0) is 4.79 Å². The molecule has 0 saturated heterocycles. The number of hydrogen-bond acceptors (Lipinski definition) is 1. The Morgan fingerprint density at radius 3 is 3.00 bits per heavy atom. The molecule has 2 fully saturated rings. The first-order valence-corrected chi connectivity index (χ1v) is 7.36. The Labute approximate surface area is 107 Å². The lowest BCUT2D eigenvalue weighted by atomic mass is 9.63. The van der Waals surface area contributed by atoms with Gasteiger partial charge in [-0.1, -0.05) is 28.4 Å². The Morgan fingerprint density at radius 1 is 1.50 bits per heavy atom. The second kappa shape index (κ2) is 5.03. The number of rotatable bonds is 3. The van der Waals surface area contributed by atoms with Crippen LogP contribution in [0.15, 0.2) is 10.6 Å². The van der Waals surface area contributed by atoms with E-state index in [1.807, 2.05) is 0 Å². The summed E-state index contributed by atoms with van der Waals surface area (Å²) in [7, 11) is 0. The Balaban J connectivity index is 2.13. The molecule has 0 aliphatic heterocycles. The number of carbonyl (C=O) groups is 1. The monoisotopic (exact) mass is 284 g/mol. The molecule has 0 amide bonds. The van der Waals surface area contributed by atoms with Crippen molar-refractivity contribution >= 4 is 22.2 Å². The van der Waals surface area contributed by atoms with Gasteiger partial charge in [-0.05, 0) is 60.8 Å². The lowest BCUT2D eigenvalue weighted by molar-refractivity contribution is -0.108. The van der Waals surface area contributed by atoms with Gasteiger partial charge in [0, 0.05) is 6.42 Å². The van der Waals surface area contributed by atoms with Crippen molar-refractivity contribution in [1.29, 1.82) is 0 Å². The smallest absolute Gasteiger partial charge is 0.120 e. The van der Waals surface area contributed by atoms with E-state index in [4.69, 9.17) is 0 Å². The van der Waals surface area contributed by atoms with Crippen LogP contribution < -0.4 is 0 Å². The minimum Gasteiger partial charge on any atom is -0.303 e. The first-order chi connectivity index (χ1) is 7.72. The Kier molecular flexibility index (Phi) is 3.89. The number of aldehydes is 1. The molecule has 16 heavy (non-hydrogen) atoms. The highest BCUT2D eigenvalue weighted by Gasteiger charge is 2.48. The van der Waals surface area contributed by atoms with Crippen molar-refractivity contribution < 1.29 is 4.79 Å².